The second-order valence-electron chi connectivity index (χ2n) is 8.12. The quantitative estimate of drug-likeness (QED) is 0.463. The minimum absolute atomic E-state index is 0.133. The molecule has 0 bridgehead atoms. The van der Waals surface area contributed by atoms with Crippen LogP contribution in [0.15, 0.2) is 53.6 Å². The van der Waals surface area contributed by atoms with E-state index in [2.05, 4.69) is 20.3 Å². The summed E-state index contributed by atoms with van der Waals surface area (Å²) in [6.07, 6.45) is 4.42. The van der Waals surface area contributed by atoms with Crippen molar-refractivity contribution in [1.29, 1.82) is 0 Å². The van der Waals surface area contributed by atoms with Gasteiger partial charge >= 0.3 is 0 Å². The Hall–Kier alpha value is -3.29. The normalized spacial score (nSPS) is 15.8. The smallest absolute Gasteiger partial charge is 0.260 e. The van der Waals surface area contributed by atoms with Crippen LogP contribution in [0.25, 0.3) is 33.3 Å². The first-order valence-corrected chi connectivity index (χ1v) is 11.4. The molecule has 3 aromatic heterocycles. The van der Waals surface area contributed by atoms with Crippen molar-refractivity contribution in [2.75, 3.05) is 18.5 Å². The topological polar surface area (TPSA) is 81.9 Å². The molecular weight excluding hydrogens is 438 g/mol. The maximum atomic E-state index is 13.4. The van der Waals surface area contributed by atoms with E-state index in [1.165, 1.54) is 0 Å². The summed E-state index contributed by atoms with van der Waals surface area (Å²) >= 11 is 6.68. The SMILES string of the molecule is CCn1c(=O)c(-c2ccc(-c3cccnc3C)cc2Cl)cc2cnc(NC3CCOC3)nc21. The summed E-state index contributed by atoms with van der Waals surface area (Å²) in [4.78, 5) is 26.9. The van der Waals surface area contributed by atoms with Crippen LogP contribution in [0.3, 0.4) is 0 Å². The van der Waals surface area contributed by atoms with Crippen molar-refractivity contribution in [2.24, 2.45) is 0 Å². The van der Waals surface area contributed by atoms with Crippen LogP contribution in [0.1, 0.15) is 19.0 Å². The van der Waals surface area contributed by atoms with E-state index < -0.39 is 0 Å². The van der Waals surface area contributed by atoms with Gasteiger partial charge in [-0.1, -0.05) is 29.8 Å². The first kappa shape index (κ1) is 21.6. The van der Waals surface area contributed by atoms with E-state index >= 15 is 0 Å². The molecule has 8 heteroatoms. The van der Waals surface area contributed by atoms with Crippen LogP contribution >= 0.6 is 11.6 Å². The van der Waals surface area contributed by atoms with Crippen molar-refractivity contribution >= 4 is 28.6 Å². The number of ether oxygens (including phenoxy) is 1. The molecule has 0 saturated carbocycles. The van der Waals surface area contributed by atoms with Crippen molar-refractivity contribution < 1.29 is 4.74 Å². The minimum atomic E-state index is -0.133. The number of hydrogen-bond donors (Lipinski definition) is 1. The number of nitrogens with one attached hydrogen (secondary N) is 1. The fraction of sp³-hybridized carbons (Fsp3) is 0.280. The van der Waals surface area contributed by atoms with Crippen LogP contribution in [-0.4, -0.2) is 38.8 Å². The Bertz CT molecular complexity index is 1400. The lowest BCUT2D eigenvalue weighted by Crippen LogP contribution is -2.24. The highest BCUT2D eigenvalue weighted by Crippen LogP contribution is 2.32. The fourth-order valence-electron chi connectivity index (χ4n) is 4.24. The predicted molar refractivity (Wildman–Crippen MR) is 131 cm³/mol. The molecular formula is C25H24ClN5O2. The van der Waals surface area contributed by atoms with Crippen LogP contribution < -0.4 is 10.9 Å². The number of rotatable bonds is 5. The van der Waals surface area contributed by atoms with Gasteiger partial charge in [-0.3, -0.25) is 14.3 Å². The summed E-state index contributed by atoms with van der Waals surface area (Å²) in [5.74, 6) is 0.501. The molecule has 0 spiro atoms. The molecule has 7 nitrogen and oxygen atoms in total. The lowest BCUT2D eigenvalue weighted by molar-refractivity contribution is 0.195. The lowest BCUT2D eigenvalue weighted by atomic mass is 9.99. The average Bonchev–Trinajstić information content (AvgIpc) is 3.32. The lowest BCUT2D eigenvalue weighted by Gasteiger charge is -2.15. The van der Waals surface area contributed by atoms with Gasteiger partial charge in [0.15, 0.2) is 0 Å². The third-order valence-electron chi connectivity index (χ3n) is 5.98. The summed E-state index contributed by atoms with van der Waals surface area (Å²) in [7, 11) is 0. The minimum Gasteiger partial charge on any atom is -0.379 e. The summed E-state index contributed by atoms with van der Waals surface area (Å²) in [6.45, 7) is 5.74. The summed E-state index contributed by atoms with van der Waals surface area (Å²) in [5.41, 5.74) is 4.56. The first-order valence-electron chi connectivity index (χ1n) is 11.0. The van der Waals surface area contributed by atoms with Gasteiger partial charge in [-0.2, -0.15) is 4.98 Å². The molecule has 1 aliphatic rings. The van der Waals surface area contributed by atoms with Gasteiger partial charge in [-0.25, -0.2) is 4.98 Å². The molecule has 1 atom stereocenters. The molecule has 0 amide bonds. The van der Waals surface area contributed by atoms with E-state index in [-0.39, 0.29) is 11.6 Å². The number of pyridine rings is 2. The summed E-state index contributed by atoms with van der Waals surface area (Å²) in [5, 5.41) is 4.59. The van der Waals surface area contributed by atoms with Crippen LogP contribution in [0, 0.1) is 6.92 Å². The third kappa shape index (κ3) is 4.10. The number of hydrogen-bond acceptors (Lipinski definition) is 6. The van der Waals surface area contributed by atoms with Gasteiger partial charge < -0.3 is 10.1 Å². The highest BCUT2D eigenvalue weighted by Gasteiger charge is 2.18. The molecule has 1 unspecified atom stereocenters. The highest BCUT2D eigenvalue weighted by atomic mass is 35.5. The predicted octanol–water partition coefficient (Wildman–Crippen LogP) is 4.70. The Morgan fingerprint density at radius 2 is 2.06 bits per heavy atom. The van der Waals surface area contributed by atoms with E-state index in [0.717, 1.165) is 35.2 Å². The fourth-order valence-corrected chi connectivity index (χ4v) is 4.52. The number of fused-ring (bicyclic) bond motifs is 1. The van der Waals surface area contributed by atoms with Gasteiger partial charge in [0.1, 0.15) is 5.65 Å². The zero-order valence-electron chi connectivity index (χ0n) is 18.5. The van der Waals surface area contributed by atoms with E-state index in [9.17, 15) is 4.79 Å². The number of nitrogens with zero attached hydrogens (tertiary/aromatic N) is 4. The molecule has 0 radical (unpaired) electrons. The van der Waals surface area contributed by atoms with Crippen LogP contribution in [0.4, 0.5) is 5.95 Å². The Balaban J connectivity index is 1.57. The van der Waals surface area contributed by atoms with Gasteiger partial charge in [0.25, 0.3) is 5.56 Å². The number of halogens is 1. The van der Waals surface area contributed by atoms with Crippen LogP contribution in [0.5, 0.6) is 0 Å². The number of benzene rings is 1. The van der Waals surface area contributed by atoms with Gasteiger partial charge in [0, 0.05) is 58.3 Å². The van der Waals surface area contributed by atoms with Crippen LogP contribution in [-0.2, 0) is 11.3 Å². The zero-order chi connectivity index (χ0) is 22.9. The molecule has 1 fully saturated rings. The van der Waals surface area contributed by atoms with E-state index in [1.54, 1.807) is 17.0 Å². The molecule has 0 aliphatic carbocycles. The van der Waals surface area contributed by atoms with Crippen molar-refractivity contribution in [3.8, 4) is 22.3 Å². The van der Waals surface area contributed by atoms with Gasteiger partial charge in [-0.15, -0.1) is 0 Å². The maximum absolute atomic E-state index is 13.4. The number of aryl methyl sites for hydroxylation is 2. The second-order valence-corrected chi connectivity index (χ2v) is 8.52. The van der Waals surface area contributed by atoms with Crippen molar-refractivity contribution in [3.05, 3.63) is 69.9 Å². The number of aromatic nitrogens is 4. The largest absolute Gasteiger partial charge is 0.379 e. The molecule has 1 aromatic carbocycles. The summed E-state index contributed by atoms with van der Waals surface area (Å²) in [6, 6.07) is 11.7. The van der Waals surface area contributed by atoms with Gasteiger partial charge in [0.2, 0.25) is 5.95 Å². The van der Waals surface area contributed by atoms with Crippen molar-refractivity contribution in [2.45, 2.75) is 32.9 Å². The third-order valence-corrected chi connectivity index (χ3v) is 6.30. The zero-order valence-corrected chi connectivity index (χ0v) is 19.3. The molecule has 5 rings (SSSR count). The molecule has 1 N–H and O–H groups in total. The van der Waals surface area contributed by atoms with Gasteiger partial charge in [-0.05, 0) is 44.0 Å². The molecule has 168 valence electrons. The van der Waals surface area contributed by atoms with Gasteiger partial charge in [0.05, 0.1) is 12.6 Å². The van der Waals surface area contributed by atoms with Crippen molar-refractivity contribution in [1.82, 2.24) is 19.5 Å². The summed E-state index contributed by atoms with van der Waals surface area (Å²) < 4.78 is 7.08. The monoisotopic (exact) mass is 461 g/mol. The average molecular weight is 462 g/mol. The molecule has 1 saturated heterocycles. The van der Waals surface area contributed by atoms with E-state index in [1.807, 2.05) is 50.2 Å². The molecule has 33 heavy (non-hydrogen) atoms. The Morgan fingerprint density at radius 3 is 2.79 bits per heavy atom. The van der Waals surface area contributed by atoms with E-state index in [4.69, 9.17) is 16.3 Å². The Morgan fingerprint density at radius 1 is 1.18 bits per heavy atom. The first-order chi connectivity index (χ1) is 16.0. The highest BCUT2D eigenvalue weighted by molar-refractivity contribution is 6.33. The number of anilines is 1. The second kappa shape index (κ2) is 8.92. The van der Waals surface area contributed by atoms with E-state index in [0.29, 0.717) is 40.9 Å². The molecule has 1 aliphatic heterocycles. The Kier molecular flexibility index (Phi) is 5.83. The standard InChI is InChI=1S/C25H24ClN5O2/c1-3-31-23-17(13-28-25(30-23)29-18-8-10-33-14-18)11-21(24(31)32)20-7-6-16(12-22(20)26)19-5-4-9-27-15(19)2/h4-7,9,11-13,18H,3,8,10,14H2,1-2H3,(H,28,29,30). The molecule has 4 heterocycles. The van der Waals surface area contributed by atoms with Crippen molar-refractivity contribution in [3.63, 3.8) is 0 Å². The molecule has 4 aromatic rings. The van der Waals surface area contributed by atoms with Crippen LogP contribution in [0.2, 0.25) is 5.02 Å². The Labute approximate surface area is 196 Å². The maximum Gasteiger partial charge on any atom is 0.260 e.